The maximum Gasteiger partial charge on any atom is 0.244 e. The number of benzene rings is 3. The number of nitrogens with one attached hydrogen (secondary N) is 1. The van der Waals surface area contributed by atoms with Crippen LogP contribution >= 0.6 is 11.6 Å². The van der Waals surface area contributed by atoms with E-state index in [1.165, 1.54) is 19.1 Å². The fourth-order valence-corrected chi connectivity index (χ4v) is 4.94. The highest BCUT2D eigenvalue weighted by molar-refractivity contribution is 7.92. The summed E-state index contributed by atoms with van der Waals surface area (Å²) in [6, 6.07) is 21.8. The van der Waals surface area contributed by atoms with Crippen LogP contribution in [0.2, 0.25) is 5.02 Å². The predicted octanol–water partition coefficient (Wildman–Crippen LogP) is 3.50. The molecule has 0 heterocycles. The zero-order valence-electron chi connectivity index (χ0n) is 20.9. The highest BCUT2D eigenvalue weighted by Gasteiger charge is 2.32. The number of nitrogens with zero attached hydrogens (tertiary/aromatic N) is 2. The molecular weight excluding hydrogens is 514 g/mol. The molecule has 0 saturated carbocycles. The van der Waals surface area contributed by atoms with Gasteiger partial charge in [-0.2, -0.15) is 0 Å². The Labute approximate surface area is 222 Å². The molecule has 0 aliphatic heterocycles. The average Bonchev–Trinajstić information content (AvgIpc) is 2.89. The van der Waals surface area contributed by atoms with Crippen LogP contribution in [0, 0.1) is 0 Å². The van der Waals surface area contributed by atoms with Gasteiger partial charge in [-0.1, -0.05) is 60.1 Å². The first kappa shape index (κ1) is 28.0. The van der Waals surface area contributed by atoms with E-state index in [1.54, 1.807) is 48.5 Å². The lowest BCUT2D eigenvalue weighted by Crippen LogP contribution is -2.52. The van der Waals surface area contributed by atoms with Crippen molar-refractivity contribution in [3.63, 3.8) is 0 Å². The van der Waals surface area contributed by atoms with Crippen LogP contribution in [0.1, 0.15) is 11.1 Å². The molecule has 1 N–H and O–H groups in total. The monoisotopic (exact) mass is 543 g/mol. The van der Waals surface area contributed by atoms with Crippen molar-refractivity contribution in [2.24, 2.45) is 0 Å². The molecule has 0 radical (unpaired) electrons. The van der Waals surface area contributed by atoms with Gasteiger partial charge in [0.05, 0.1) is 19.1 Å². The predicted molar refractivity (Wildman–Crippen MR) is 145 cm³/mol. The average molecular weight is 544 g/mol. The first-order chi connectivity index (χ1) is 17.6. The van der Waals surface area contributed by atoms with E-state index in [0.717, 1.165) is 16.1 Å². The van der Waals surface area contributed by atoms with Gasteiger partial charge >= 0.3 is 0 Å². The van der Waals surface area contributed by atoms with Crippen LogP contribution in [0.25, 0.3) is 0 Å². The van der Waals surface area contributed by atoms with E-state index in [-0.39, 0.29) is 18.9 Å². The third-order valence-electron chi connectivity index (χ3n) is 5.86. The minimum atomic E-state index is -3.84. The number of methoxy groups -OCH3 is 1. The van der Waals surface area contributed by atoms with Crippen molar-refractivity contribution in [2.45, 2.75) is 19.0 Å². The zero-order valence-corrected chi connectivity index (χ0v) is 22.5. The third kappa shape index (κ3) is 7.47. The Bertz CT molecular complexity index is 1320. The largest absolute Gasteiger partial charge is 0.497 e. The van der Waals surface area contributed by atoms with Gasteiger partial charge in [-0.15, -0.1) is 0 Å². The Hall–Kier alpha value is -3.56. The number of amides is 2. The van der Waals surface area contributed by atoms with Gasteiger partial charge in [-0.05, 0) is 41.5 Å². The summed E-state index contributed by atoms with van der Waals surface area (Å²) >= 11 is 6.40. The molecule has 0 saturated heterocycles. The fraction of sp³-hybridized carbons (Fsp3) is 0.259. The van der Waals surface area contributed by atoms with Crippen LogP contribution in [-0.4, -0.2) is 58.1 Å². The van der Waals surface area contributed by atoms with Crippen LogP contribution in [0.5, 0.6) is 5.75 Å². The summed E-state index contributed by atoms with van der Waals surface area (Å²) in [7, 11) is -0.835. The van der Waals surface area contributed by atoms with E-state index in [1.807, 2.05) is 30.3 Å². The zero-order chi connectivity index (χ0) is 27.0. The molecule has 0 bridgehead atoms. The molecule has 3 rings (SSSR count). The Balaban J connectivity index is 2.02. The number of likely N-dealkylation sites (N-methyl/N-ethyl adjacent to an activating group) is 1. The number of carbonyl (C=O) groups is 2. The van der Waals surface area contributed by atoms with E-state index in [2.05, 4.69) is 5.32 Å². The Kier molecular flexibility index (Phi) is 9.54. The molecule has 0 aliphatic rings. The molecule has 0 aromatic heterocycles. The van der Waals surface area contributed by atoms with Crippen molar-refractivity contribution in [3.8, 4) is 5.75 Å². The van der Waals surface area contributed by atoms with E-state index in [4.69, 9.17) is 16.3 Å². The van der Waals surface area contributed by atoms with Gasteiger partial charge in [0.25, 0.3) is 0 Å². The standard InChI is InChI=1S/C27H30ClN3O5S/c1-29-27(33)25(17-20-9-5-4-6-10-20)30(18-21-11-7-8-12-24(21)28)26(32)19-31(37(3,34)35)22-13-15-23(36-2)16-14-22/h4-16,25H,17-19H2,1-3H3,(H,29,33)/t25-/m1/s1. The molecule has 0 aliphatic carbocycles. The number of ether oxygens (including phenoxy) is 1. The van der Waals surface area contributed by atoms with Gasteiger partial charge in [-0.3, -0.25) is 13.9 Å². The molecule has 196 valence electrons. The van der Waals surface area contributed by atoms with Crippen molar-refractivity contribution in [1.29, 1.82) is 0 Å². The molecule has 10 heteroatoms. The Morgan fingerprint density at radius 2 is 1.59 bits per heavy atom. The molecular formula is C27H30ClN3O5S. The second kappa shape index (κ2) is 12.6. The number of anilines is 1. The van der Waals surface area contributed by atoms with Crippen molar-refractivity contribution in [2.75, 3.05) is 31.3 Å². The summed E-state index contributed by atoms with van der Waals surface area (Å²) in [6.45, 7) is -0.485. The molecule has 1 atom stereocenters. The number of hydrogen-bond donors (Lipinski definition) is 1. The number of hydrogen-bond acceptors (Lipinski definition) is 5. The molecule has 2 amide bonds. The van der Waals surface area contributed by atoms with Gasteiger partial charge in [0.1, 0.15) is 18.3 Å². The molecule has 0 spiro atoms. The smallest absolute Gasteiger partial charge is 0.244 e. The van der Waals surface area contributed by atoms with Crippen LogP contribution in [0.4, 0.5) is 5.69 Å². The normalized spacial score (nSPS) is 11.9. The molecule has 3 aromatic rings. The minimum Gasteiger partial charge on any atom is -0.497 e. The molecule has 37 heavy (non-hydrogen) atoms. The van der Waals surface area contributed by atoms with E-state index >= 15 is 0 Å². The summed E-state index contributed by atoms with van der Waals surface area (Å²) in [6.07, 6.45) is 1.27. The summed E-state index contributed by atoms with van der Waals surface area (Å²) in [5, 5.41) is 3.07. The van der Waals surface area contributed by atoms with E-state index < -0.39 is 28.5 Å². The molecule has 8 nitrogen and oxygen atoms in total. The second-order valence-corrected chi connectivity index (χ2v) is 10.7. The molecule has 0 unspecified atom stereocenters. The van der Waals surface area contributed by atoms with Crippen molar-refractivity contribution < 1.29 is 22.7 Å². The number of carbonyl (C=O) groups excluding carboxylic acids is 2. The van der Waals surface area contributed by atoms with Gasteiger partial charge < -0.3 is 15.0 Å². The third-order valence-corrected chi connectivity index (χ3v) is 7.36. The van der Waals surface area contributed by atoms with Gasteiger partial charge in [0.2, 0.25) is 21.8 Å². The van der Waals surface area contributed by atoms with E-state index in [0.29, 0.717) is 22.0 Å². The highest BCUT2D eigenvalue weighted by atomic mass is 35.5. The lowest BCUT2D eigenvalue weighted by molar-refractivity contribution is -0.139. The SMILES string of the molecule is CNC(=O)[C@@H](Cc1ccccc1)N(Cc1ccccc1Cl)C(=O)CN(c1ccc(OC)cc1)S(C)(=O)=O. The maximum absolute atomic E-state index is 13.8. The van der Waals surface area contributed by atoms with Crippen molar-refractivity contribution in [1.82, 2.24) is 10.2 Å². The van der Waals surface area contributed by atoms with Crippen LogP contribution in [-0.2, 0) is 32.6 Å². The maximum atomic E-state index is 13.8. The first-order valence-electron chi connectivity index (χ1n) is 11.5. The summed E-state index contributed by atoms with van der Waals surface area (Å²) < 4.78 is 31.6. The quantitative estimate of drug-likeness (QED) is 0.399. The van der Waals surface area contributed by atoms with Gasteiger partial charge in [-0.25, -0.2) is 8.42 Å². The first-order valence-corrected chi connectivity index (χ1v) is 13.8. The number of rotatable bonds is 11. The second-order valence-electron chi connectivity index (χ2n) is 8.40. The molecule has 0 fully saturated rings. The van der Waals surface area contributed by atoms with Crippen molar-refractivity contribution in [3.05, 3.63) is 95.0 Å². The Morgan fingerprint density at radius 3 is 2.16 bits per heavy atom. The summed E-state index contributed by atoms with van der Waals surface area (Å²) in [5.41, 5.74) is 1.78. The van der Waals surface area contributed by atoms with Gasteiger partial charge in [0, 0.05) is 25.0 Å². The Morgan fingerprint density at radius 1 is 0.973 bits per heavy atom. The van der Waals surface area contributed by atoms with Crippen LogP contribution < -0.4 is 14.4 Å². The highest BCUT2D eigenvalue weighted by Crippen LogP contribution is 2.24. The van der Waals surface area contributed by atoms with Crippen LogP contribution in [0.15, 0.2) is 78.9 Å². The summed E-state index contributed by atoms with van der Waals surface area (Å²) in [5.74, 6) is -0.378. The minimum absolute atomic E-state index is 0.0175. The van der Waals surface area contributed by atoms with Gasteiger partial charge in [0.15, 0.2) is 0 Å². The lowest BCUT2D eigenvalue weighted by Gasteiger charge is -2.33. The molecule has 3 aromatic carbocycles. The lowest BCUT2D eigenvalue weighted by atomic mass is 10.0. The van der Waals surface area contributed by atoms with Crippen molar-refractivity contribution >= 4 is 39.1 Å². The summed E-state index contributed by atoms with van der Waals surface area (Å²) in [4.78, 5) is 28.3. The topological polar surface area (TPSA) is 96.0 Å². The fourth-order valence-electron chi connectivity index (χ4n) is 3.89. The number of halogens is 1. The van der Waals surface area contributed by atoms with E-state index in [9.17, 15) is 18.0 Å². The number of sulfonamides is 1. The van der Waals surface area contributed by atoms with Crippen LogP contribution in [0.3, 0.4) is 0 Å².